The van der Waals surface area contributed by atoms with E-state index in [0.717, 1.165) is 41.3 Å². The third kappa shape index (κ3) is 3.89. The number of ether oxygens (including phenoxy) is 3. The van der Waals surface area contributed by atoms with Gasteiger partial charge in [-0.05, 0) is 53.6 Å². The molecule has 3 heterocycles. The van der Waals surface area contributed by atoms with Crippen molar-refractivity contribution in [3.8, 4) is 11.5 Å². The van der Waals surface area contributed by atoms with Crippen molar-refractivity contribution in [2.24, 2.45) is 0 Å². The molecule has 1 atom stereocenters. The molecule has 10 heteroatoms. The number of aromatic nitrogens is 2. The number of hydrogen-bond acceptors (Lipinski definition) is 9. The van der Waals surface area contributed by atoms with Crippen molar-refractivity contribution >= 4 is 40.0 Å². The fraction of sp³-hybridized carbons (Fsp3) is 0.222. The van der Waals surface area contributed by atoms with Crippen LogP contribution in [0, 0.1) is 5.82 Å². The van der Waals surface area contributed by atoms with Crippen molar-refractivity contribution < 1.29 is 28.5 Å². The van der Waals surface area contributed by atoms with Gasteiger partial charge in [-0.1, -0.05) is 12.1 Å². The summed E-state index contributed by atoms with van der Waals surface area (Å²) in [7, 11) is 3.33. The normalized spacial score (nSPS) is 19.1. The number of methoxy groups -OCH3 is 1. The number of hydrogen-bond donors (Lipinski definition) is 1. The minimum Gasteiger partial charge on any atom is -0.494 e. The summed E-state index contributed by atoms with van der Waals surface area (Å²) in [5.41, 5.74) is 4.17. The third-order valence-electron chi connectivity index (χ3n) is 6.74. The minimum atomic E-state index is -2.19. The molecule has 2 aliphatic heterocycles. The van der Waals surface area contributed by atoms with Crippen LogP contribution in [0.3, 0.4) is 0 Å². The monoisotopic (exact) mass is 519 g/mol. The molecule has 37 heavy (non-hydrogen) atoms. The van der Waals surface area contributed by atoms with Crippen LogP contribution in [-0.4, -0.2) is 47.1 Å². The van der Waals surface area contributed by atoms with Gasteiger partial charge in [-0.15, -0.1) is 0 Å². The van der Waals surface area contributed by atoms with Crippen LogP contribution < -0.4 is 14.4 Å². The number of halogens is 1. The molecule has 8 nitrogen and oxygen atoms in total. The maximum Gasteiger partial charge on any atom is 0.342 e. The Morgan fingerprint density at radius 2 is 1.97 bits per heavy atom. The zero-order valence-electron chi connectivity index (χ0n) is 20.0. The van der Waals surface area contributed by atoms with Gasteiger partial charge in [0.15, 0.2) is 11.6 Å². The van der Waals surface area contributed by atoms with E-state index in [-0.39, 0.29) is 23.3 Å². The summed E-state index contributed by atoms with van der Waals surface area (Å²) in [6.45, 7) is 1.33. The lowest BCUT2D eigenvalue weighted by atomic mass is 9.87. The SMILES string of the molecule is COc1ccc(C2(O)OC(=O)C(c3ccc4nsnc4c3)=C2Cc2ccc3c(c2)N(C)CCO3)cc1F. The standard InChI is InChI=1S/C27H22FN3O5S/c1-31-9-10-35-24-7-3-15(12-22(24)31)11-18-25(16-4-6-20-21(13-16)30-37-29-20)26(32)36-27(18,33)17-5-8-23(34-2)19(28)14-17/h3-8,12-14,33H,9-11H2,1-2H3. The fourth-order valence-corrected chi connectivity index (χ4v) is 5.32. The molecule has 188 valence electrons. The van der Waals surface area contributed by atoms with Gasteiger partial charge in [-0.25, -0.2) is 9.18 Å². The topological polar surface area (TPSA) is 94.0 Å². The molecule has 3 aromatic carbocycles. The molecular weight excluding hydrogens is 497 g/mol. The molecular formula is C27H22FN3O5S. The first-order chi connectivity index (χ1) is 17.9. The Balaban J connectivity index is 1.52. The summed E-state index contributed by atoms with van der Waals surface area (Å²) in [5.74, 6) is -2.80. The molecule has 1 unspecified atom stereocenters. The molecule has 0 aliphatic carbocycles. The van der Waals surface area contributed by atoms with Gasteiger partial charge in [0.1, 0.15) is 23.4 Å². The first kappa shape index (κ1) is 23.4. The predicted molar refractivity (Wildman–Crippen MR) is 136 cm³/mol. The van der Waals surface area contributed by atoms with E-state index in [2.05, 4.69) is 13.6 Å². The zero-order chi connectivity index (χ0) is 25.7. The van der Waals surface area contributed by atoms with Crippen LogP contribution in [0.2, 0.25) is 0 Å². The molecule has 0 radical (unpaired) electrons. The van der Waals surface area contributed by atoms with Gasteiger partial charge in [-0.2, -0.15) is 8.75 Å². The fourth-order valence-electron chi connectivity index (χ4n) is 4.80. The number of likely N-dealkylation sites (N-methyl/N-ethyl adjacent to an activating group) is 1. The van der Waals surface area contributed by atoms with Gasteiger partial charge in [0.2, 0.25) is 0 Å². The second-order valence-electron chi connectivity index (χ2n) is 8.95. The molecule has 4 aromatic rings. The molecule has 0 bridgehead atoms. The van der Waals surface area contributed by atoms with E-state index < -0.39 is 17.6 Å². The number of rotatable bonds is 5. The highest BCUT2D eigenvalue weighted by Gasteiger charge is 2.48. The quantitative estimate of drug-likeness (QED) is 0.395. The van der Waals surface area contributed by atoms with Crippen LogP contribution in [0.25, 0.3) is 16.6 Å². The summed E-state index contributed by atoms with van der Waals surface area (Å²) in [5, 5.41) is 11.9. The van der Waals surface area contributed by atoms with E-state index in [1.807, 2.05) is 25.2 Å². The van der Waals surface area contributed by atoms with Crippen molar-refractivity contribution in [1.29, 1.82) is 0 Å². The number of anilines is 1. The van der Waals surface area contributed by atoms with E-state index in [1.165, 1.54) is 19.2 Å². The third-order valence-corrected chi connectivity index (χ3v) is 7.30. The molecule has 0 amide bonds. The van der Waals surface area contributed by atoms with Crippen molar-refractivity contribution in [3.05, 3.63) is 82.7 Å². The van der Waals surface area contributed by atoms with Gasteiger partial charge >= 0.3 is 5.97 Å². The number of carbonyl (C=O) groups excluding carboxylic acids is 1. The molecule has 0 fully saturated rings. The van der Waals surface area contributed by atoms with Crippen LogP contribution in [0.15, 0.2) is 60.2 Å². The van der Waals surface area contributed by atoms with Gasteiger partial charge in [0, 0.05) is 24.6 Å². The summed E-state index contributed by atoms with van der Waals surface area (Å²) in [6.07, 6.45) is 0.166. The lowest BCUT2D eigenvalue weighted by Crippen LogP contribution is -2.30. The largest absolute Gasteiger partial charge is 0.494 e. The smallest absolute Gasteiger partial charge is 0.342 e. The second-order valence-corrected chi connectivity index (χ2v) is 9.48. The number of esters is 1. The van der Waals surface area contributed by atoms with Crippen LogP contribution in [0.5, 0.6) is 11.5 Å². The number of carbonyl (C=O) groups is 1. The van der Waals surface area contributed by atoms with E-state index in [4.69, 9.17) is 14.2 Å². The van der Waals surface area contributed by atoms with Crippen LogP contribution in [-0.2, 0) is 21.7 Å². The first-order valence-electron chi connectivity index (χ1n) is 11.6. The van der Waals surface area contributed by atoms with Crippen molar-refractivity contribution in [3.63, 3.8) is 0 Å². The van der Waals surface area contributed by atoms with Gasteiger partial charge in [0.25, 0.3) is 5.79 Å². The summed E-state index contributed by atoms with van der Waals surface area (Å²) in [6, 6.07) is 15.0. The summed E-state index contributed by atoms with van der Waals surface area (Å²) in [4.78, 5) is 15.4. The highest BCUT2D eigenvalue weighted by atomic mass is 32.1. The van der Waals surface area contributed by atoms with Crippen molar-refractivity contribution in [2.75, 3.05) is 32.2 Å². The summed E-state index contributed by atoms with van der Waals surface area (Å²) >= 11 is 1.07. The van der Waals surface area contributed by atoms with Crippen molar-refractivity contribution in [2.45, 2.75) is 12.2 Å². The molecule has 6 rings (SSSR count). The highest BCUT2D eigenvalue weighted by Crippen LogP contribution is 2.46. The van der Waals surface area contributed by atoms with E-state index in [9.17, 15) is 14.3 Å². The molecule has 2 aliphatic rings. The Morgan fingerprint density at radius 3 is 2.78 bits per heavy atom. The first-order valence-corrected chi connectivity index (χ1v) is 12.3. The molecule has 0 saturated heterocycles. The Morgan fingerprint density at radius 1 is 1.14 bits per heavy atom. The van der Waals surface area contributed by atoms with Gasteiger partial charge in [0.05, 0.1) is 36.6 Å². The Bertz CT molecular complexity index is 1590. The average Bonchev–Trinajstić information content (AvgIpc) is 3.46. The second kappa shape index (κ2) is 8.82. The molecule has 1 N–H and O–H groups in total. The van der Waals surface area contributed by atoms with Crippen LogP contribution in [0.1, 0.15) is 16.7 Å². The average molecular weight is 520 g/mol. The maximum atomic E-state index is 14.7. The number of fused-ring (bicyclic) bond motifs is 2. The number of nitrogens with zero attached hydrogens (tertiary/aromatic N) is 3. The Kier molecular flexibility index (Phi) is 5.58. The number of aliphatic hydroxyl groups is 1. The van der Waals surface area contributed by atoms with Gasteiger partial charge in [-0.3, -0.25) is 0 Å². The lowest BCUT2D eigenvalue weighted by molar-refractivity contribution is -0.185. The predicted octanol–water partition coefficient (Wildman–Crippen LogP) is 4.07. The number of benzene rings is 3. The zero-order valence-corrected chi connectivity index (χ0v) is 20.8. The van der Waals surface area contributed by atoms with Gasteiger partial charge < -0.3 is 24.2 Å². The van der Waals surface area contributed by atoms with Crippen molar-refractivity contribution in [1.82, 2.24) is 8.75 Å². The molecule has 1 aromatic heterocycles. The minimum absolute atomic E-state index is 0.0154. The summed E-state index contributed by atoms with van der Waals surface area (Å²) < 4.78 is 39.6. The van der Waals surface area contributed by atoms with E-state index >= 15 is 0 Å². The van der Waals surface area contributed by atoms with E-state index in [1.54, 1.807) is 18.2 Å². The maximum absolute atomic E-state index is 14.7. The van der Waals surface area contributed by atoms with E-state index in [0.29, 0.717) is 28.8 Å². The Hall–Kier alpha value is -4.02. The molecule has 0 spiro atoms. The number of cyclic esters (lactones) is 1. The Labute approximate surface area is 215 Å². The highest BCUT2D eigenvalue weighted by molar-refractivity contribution is 7.00. The van der Waals surface area contributed by atoms with Crippen LogP contribution >= 0.6 is 11.7 Å². The molecule has 0 saturated carbocycles. The lowest BCUT2D eigenvalue weighted by Gasteiger charge is -2.29. The van der Waals surface area contributed by atoms with Crippen LogP contribution in [0.4, 0.5) is 10.1 Å².